The summed E-state index contributed by atoms with van der Waals surface area (Å²) in [5.74, 6) is -0.261. The van der Waals surface area contributed by atoms with Gasteiger partial charge in [-0.2, -0.15) is 0 Å². The zero-order valence-corrected chi connectivity index (χ0v) is 11.1. The molecule has 1 aromatic carbocycles. The molecule has 2 amide bonds. The summed E-state index contributed by atoms with van der Waals surface area (Å²) in [6.45, 7) is 1.78. The van der Waals surface area contributed by atoms with Gasteiger partial charge in [-0.25, -0.2) is 0 Å². The molecule has 1 aromatic heterocycles. The molecular formula is C15H15N3O2. The van der Waals surface area contributed by atoms with Crippen LogP contribution in [0.1, 0.15) is 23.7 Å². The lowest BCUT2D eigenvalue weighted by atomic mass is 10.2. The molecule has 2 rings (SSSR count). The van der Waals surface area contributed by atoms with Gasteiger partial charge in [-0.15, -0.1) is 0 Å². The number of amides is 2. The van der Waals surface area contributed by atoms with Crippen LogP contribution in [0.2, 0.25) is 0 Å². The van der Waals surface area contributed by atoms with Crippen molar-refractivity contribution in [2.24, 2.45) is 0 Å². The van der Waals surface area contributed by atoms with E-state index >= 15 is 0 Å². The maximum absolute atomic E-state index is 12.0. The molecule has 0 unspecified atom stereocenters. The fraction of sp³-hybridized carbons (Fsp3) is 0.133. The summed E-state index contributed by atoms with van der Waals surface area (Å²) < 4.78 is 0. The molecule has 2 aromatic rings. The Labute approximate surface area is 117 Å². The van der Waals surface area contributed by atoms with Crippen LogP contribution in [-0.2, 0) is 4.79 Å². The number of hydrogen-bond donors (Lipinski definition) is 2. The maximum Gasteiger partial charge on any atom is 0.255 e. The lowest BCUT2D eigenvalue weighted by Crippen LogP contribution is -2.12. The van der Waals surface area contributed by atoms with Gasteiger partial charge in [-0.05, 0) is 36.4 Å². The topological polar surface area (TPSA) is 71.1 Å². The van der Waals surface area contributed by atoms with E-state index in [1.807, 2.05) is 0 Å². The number of carbonyl (C=O) groups is 2. The molecule has 2 N–H and O–H groups in total. The molecule has 0 saturated carbocycles. The van der Waals surface area contributed by atoms with Gasteiger partial charge in [-0.3, -0.25) is 14.6 Å². The first-order valence-electron chi connectivity index (χ1n) is 6.30. The minimum absolute atomic E-state index is 0.0565. The highest BCUT2D eigenvalue weighted by atomic mass is 16.2. The smallest absolute Gasteiger partial charge is 0.255 e. The highest BCUT2D eigenvalue weighted by Crippen LogP contribution is 2.12. The van der Waals surface area contributed by atoms with E-state index in [1.54, 1.807) is 55.7 Å². The van der Waals surface area contributed by atoms with E-state index in [2.05, 4.69) is 15.6 Å². The van der Waals surface area contributed by atoms with Crippen LogP contribution < -0.4 is 10.6 Å². The normalized spacial score (nSPS) is 9.85. The molecule has 5 nitrogen and oxygen atoms in total. The number of rotatable bonds is 4. The first-order chi connectivity index (χ1) is 9.69. The molecule has 0 atom stereocenters. The van der Waals surface area contributed by atoms with Crippen LogP contribution in [0.15, 0.2) is 48.8 Å². The summed E-state index contributed by atoms with van der Waals surface area (Å²) in [5.41, 5.74) is 1.89. The molecule has 5 heteroatoms. The lowest BCUT2D eigenvalue weighted by molar-refractivity contribution is -0.115. The van der Waals surface area contributed by atoms with Gasteiger partial charge in [0.25, 0.3) is 5.91 Å². The third-order valence-electron chi connectivity index (χ3n) is 2.69. The molecule has 0 fully saturated rings. The lowest BCUT2D eigenvalue weighted by Gasteiger charge is -2.06. The predicted octanol–water partition coefficient (Wildman–Crippen LogP) is 2.68. The van der Waals surface area contributed by atoms with E-state index in [9.17, 15) is 9.59 Å². The largest absolute Gasteiger partial charge is 0.326 e. The Balaban J connectivity index is 2.02. The van der Waals surface area contributed by atoms with Gasteiger partial charge in [0.1, 0.15) is 0 Å². The van der Waals surface area contributed by atoms with Crippen LogP contribution in [0.3, 0.4) is 0 Å². The first-order valence-corrected chi connectivity index (χ1v) is 6.30. The number of aromatic nitrogens is 1. The fourth-order valence-corrected chi connectivity index (χ4v) is 1.59. The van der Waals surface area contributed by atoms with Gasteiger partial charge in [0.15, 0.2) is 0 Å². The molecule has 0 aliphatic heterocycles. The van der Waals surface area contributed by atoms with Crippen molar-refractivity contribution in [1.82, 2.24) is 4.98 Å². The van der Waals surface area contributed by atoms with E-state index in [0.29, 0.717) is 23.4 Å². The Morgan fingerprint density at radius 2 is 1.55 bits per heavy atom. The highest BCUT2D eigenvalue weighted by molar-refractivity contribution is 6.04. The van der Waals surface area contributed by atoms with Crippen molar-refractivity contribution in [3.05, 3.63) is 54.4 Å². The van der Waals surface area contributed by atoms with Crippen LogP contribution in [0.4, 0.5) is 11.4 Å². The van der Waals surface area contributed by atoms with E-state index < -0.39 is 0 Å². The third-order valence-corrected chi connectivity index (χ3v) is 2.69. The summed E-state index contributed by atoms with van der Waals surface area (Å²) in [7, 11) is 0. The summed E-state index contributed by atoms with van der Waals surface area (Å²) in [6, 6.07) is 10.2. The standard InChI is InChI=1S/C15H15N3O2/c1-2-14(19)17-12-5-3-11(4-6-12)15(20)18-13-7-9-16-10-8-13/h3-10H,2H2,1H3,(H,17,19)(H,16,18,20). The quantitative estimate of drug-likeness (QED) is 0.896. The Hall–Kier alpha value is -2.69. The van der Waals surface area contributed by atoms with Crippen LogP contribution in [0.5, 0.6) is 0 Å². The van der Waals surface area contributed by atoms with Crippen molar-refractivity contribution in [2.45, 2.75) is 13.3 Å². The zero-order valence-electron chi connectivity index (χ0n) is 11.1. The number of carbonyl (C=O) groups excluding carboxylic acids is 2. The average molecular weight is 269 g/mol. The molecule has 102 valence electrons. The number of benzene rings is 1. The molecule has 0 aliphatic rings. The number of hydrogen-bond acceptors (Lipinski definition) is 3. The van der Waals surface area contributed by atoms with Crippen LogP contribution in [-0.4, -0.2) is 16.8 Å². The zero-order chi connectivity index (χ0) is 14.4. The molecule has 0 bridgehead atoms. The molecule has 0 radical (unpaired) electrons. The molecule has 0 spiro atoms. The number of anilines is 2. The molecule has 0 aliphatic carbocycles. The van der Waals surface area contributed by atoms with Crippen molar-refractivity contribution in [3.8, 4) is 0 Å². The Bertz CT molecular complexity index is 594. The summed E-state index contributed by atoms with van der Waals surface area (Å²) in [5, 5.41) is 5.49. The summed E-state index contributed by atoms with van der Waals surface area (Å²) >= 11 is 0. The van der Waals surface area contributed by atoms with Gasteiger partial charge in [0.2, 0.25) is 5.91 Å². The average Bonchev–Trinajstić information content (AvgIpc) is 2.49. The van der Waals surface area contributed by atoms with E-state index in [0.717, 1.165) is 0 Å². The SMILES string of the molecule is CCC(=O)Nc1ccc(C(=O)Nc2ccncc2)cc1. The minimum atomic E-state index is -0.204. The fourth-order valence-electron chi connectivity index (χ4n) is 1.59. The van der Waals surface area contributed by atoms with Crippen LogP contribution in [0, 0.1) is 0 Å². The second kappa shape index (κ2) is 6.47. The molecule has 20 heavy (non-hydrogen) atoms. The molecule has 0 saturated heterocycles. The van der Waals surface area contributed by atoms with E-state index in [4.69, 9.17) is 0 Å². The van der Waals surface area contributed by atoms with E-state index in [-0.39, 0.29) is 11.8 Å². The molecule has 1 heterocycles. The van der Waals surface area contributed by atoms with Crippen LogP contribution >= 0.6 is 0 Å². The Kier molecular flexibility index (Phi) is 4.44. The second-order valence-electron chi connectivity index (χ2n) is 4.17. The number of nitrogens with one attached hydrogen (secondary N) is 2. The Morgan fingerprint density at radius 3 is 2.15 bits per heavy atom. The van der Waals surface area contributed by atoms with Crippen LogP contribution in [0.25, 0.3) is 0 Å². The monoisotopic (exact) mass is 269 g/mol. The number of pyridine rings is 1. The third kappa shape index (κ3) is 3.65. The van der Waals surface area contributed by atoms with E-state index in [1.165, 1.54) is 0 Å². The molecular weight excluding hydrogens is 254 g/mol. The van der Waals surface area contributed by atoms with Gasteiger partial charge in [0, 0.05) is 35.8 Å². The van der Waals surface area contributed by atoms with Gasteiger partial charge in [0.05, 0.1) is 0 Å². The van der Waals surface area contributed by atoms with Gasteiger partial charge in [-0.1, -0.05) is 6.92 Å². The predicted molar refractivity (Wildman–Crippen MR) is 77.6 cm³/mol. The van der Waals surface area contributed by atoms with Crippen molar-refractivity contribution in [2.75, 3.05) is 10.6 Å². The van der Waals surface area contributed by atoms with Crippen molar-refractivity contribution < 1.29 is 9.59 Å². The van der Waals surface area contributed by atoms with Crippen molar-refractivity contribution in [1.29, 1.82) is 0 Å². The van der Waals surface area contributed by atoms with Gasteiger partial charge < -0.3 is 10.6 Å². The first kappa shape index (κ1) is 13.7. The summed E-state index contributed by atoms with van der Waals surface area (Å²) in [6.07, 6.45) is 3.64. The highest BCUT2D eigenvalue weighted by Gasteiger charge is 2.06. The van der Waals surface area contributed by atoms with Gasteiger partial charge >= 0.3 is 0 Å². The van der Waals surface area contributed by atoms with Crippen molar-refractivity contribution >= 4 is 23.2 Å². The van der Waals surface area contributed by atoms with Crippen molar-refractivity contribution in [3.63, 3.8) is 0 Å². The second-order valence-corrected chi connectivity index (χ2v) is 4.17. The summed E-state index contributed by atoms with van der Waals surface area (Å²) in [4.78, 5) is 27.1. The Morgan fingerprint density at radius 1 is 0.950 bits per heavy atom. The minimum Gasteiger partial charge on any atom is -0.326 e. The maximum atomic E-state index is 12.0. The number of nitrogens with zero attached hydrogens (tertiary/aromatic N) is 1.